The van der Waals surface area contributed by atoms with Crippen molar-refractivity contribution in [2.75, 3.05) is 26.3 Å². The number of unbranched alkanes of at least 4 members (excludes halogenated alkanes) is 1. The minimum Gasteiger partial charge on any atom is -0.380 e. The molecule has 0 spiro atoms. The summed E-state index contributed by atoms with van der Waals surface area (Å²) >= 11 is 1.52. The lowest BCUT2D eigenvalue weighted by atomic mass is 10.4. The van der Waals surface area contributed by atoms with Crippen molar-refractivity contribution >= 4 is 21.4 Å². The van der Waals surface area contributed by atoms with Gasteiger partial charge in [-0.2, -0.15) is 0 Å². The predicted octanol–water partition coefficient (Wildman–Crippen LogP) is 2.26. The maximum Gasteiger partial charge on any atom is 0.241 e. The lowest BCUT2D eigenvalue weighted by Gasteiger charge is -2.06. The first-order valence-corrected chi connectivity index (χ1v) is 9.68. The van der Waals surface area contributed by atoms with E-state index in [0.29, 0.717) is 31.2 Å². The summed E-state index contributed by atoms with van der Waals surface area (Å²) in [5.74, 6) is 0. The van der Waals surface area contributed by atoms with Crippen LogP contribution >= 0.6 is 11.3 Å². The summed E-state index contributed by atoms with van der Waals surface area (Å²) < 4.78 is 32.5. The number of hydrogen-bond donors (Lipinski definition) is 2. The molecule has 0 unspecified atom stereocenters. The molecule has 0 saturated heterocycles. The second kappa shape index (κ2) is 9.53. The van der Waals surface area contributed by atoms with E-state index in [9.17, 15) is 8.42 Å². The van der Waals surface area contributed by atoms with Gasteiger partial charge in [0.25, 0.3) is 0 Å². The molecule has 0 saturated carbocycles. The van der Waals surface area contributed by atoms with E-state index in [1.165, 1.54) is 11.3 Å². The van der Waals surface area contributed by atoms with E-state index in [0.717, 1.165) is 29.1 Å². The Labute approximate surface area is 132 Å². The van der Waals surface area contributed by atoms with Gasteiger partial charge in [-0.1, -0.05) is 20.3 Å². The Kier molecular flexibility index (Phi) is 8.43. The molecule has 0 aliphatic carbocycles. The molecule has 0 aliphatic rings. The summed E-state index contributed by atoms with van der Waals surface area (Å²) in [7, 11) is -3.44. The minimum absolute atomic E-state index is 0.309. The number of hydrogen-bond acceptors (Lipinski definition) is 5. The van der Waals surface area contributed by atoms with Crippen molar-refractivity contribution < 1.29 is 13.2 Å². The van der Waals surface area contributed by atoms with Crippen LogP contribution in [0.25, 0.3) is 0 Å². The smallest absolute Gasteiger partial charge is 0.241 e. The first-order valence-electron chi connectivity index (χ1n) is 7.38. The van der Waals surface area contributed by atoms with Crippen LogP contribution in [0.4, 0.5) is 0 Å². The molecule has 0 atom stereocenters. The molecule has 1 aromatic rings. The van der Waals surface area contributed by atoms with Gasteiger partial charge in [0.05, 0.1) is 11.5 Å². The van der Waals surface area contributed by atoms with Crippen LogP contribution in [0.3, 0.4) is 0 Å². The van der Waals surface area contributed by atoms with Crippen molar-refractivity contribution in [2.24, 2.45) is 0 Å². The fraction of sp³-hybridized carbons (Fsp3) is 0.714. The highest BCUT2D eigenvalue weighted by atomic mass is 32.2. The zero-order valence-electron chi connectivity index (χ0n) is 13.1. The average molecular weight is 335 g/mol. The van der Waals surface area contributed by atoms with Crippen molar-refractivity contribution in [3.05, 3.63) is 15.8 Å². The van der Waals surface area contributed by atoms with E-state index in [-0.39, 0.29) is 0 Å². The summed E-state index contributed by atoms with van der Waals surface area (Å²) in [5, 5.41) is 3.20. The van der Waals surface area contributed by atoms with Gasteiger partial charge >= 0.3 is 0 Å². The molecule has 1 rings (SSSR count). The predicted molar refractivity (Wildman–Crippen MR) is 87.4 cm³/mol. The van der Waals surface area contributed by atoms with Crippen molar-refractivity contribution in [3.8, 4) is 0 Å². The van der Waals surface area contributed by atoms with Crippen molar-refractivity contribution in [3.63, 3.8) is 0 Å². The lowest BCUT2D eigenvalue weighted by Crippen LogP contribution is -2.27. The van der Waals surface area contributed by atoms with Crippen molar-refractivity contribution in [2.45, 2.75) is 45.1 Å². The van der Waals surface area contributed by atoms with Crippen LogP contribution in [0.15, 0.2) is 11.0 Å². The van der Waals surface area contributed by atoms with Crippen LogP contribution in [0, 0.1) is 6.92 Å². The summed E-state index contributed by atoms with van der Waals surface area (Å²) in [5.41, 5.74) is 0. The highest BCUT2D eigenvalue weighted by molar-refractivity contribution is 7.89. The molecule has 5 nitrogen and oxygen atoms in total. The fourth-order valence-corrected chi connectivity index (χ4v) is 4.42. The maximum atomic E-state index is 12.2. The average Bonchev–Trinajstić information content (AvgIpc) is 2.82. The van der Waals surface area contributed by atoms with Crippen LogP contribution in [0.1, 0.15) is 36.4 Å². The van der Waals surface area contributed by atoms with Crippen LogP contribution < -0.4 is 10.0 Å². The second-order valence-electron chi connectivity index (χ2n) is 4.78. The van der Waals surface area contributed by atoms with Gasteiger partial charge in [-0.25, -0.2) is 13.1 Å². The first kappa shape index (κ1) is 18.6. The van der Waals surface area contributed by atoms with Gasteiger partial charge < -0.3 is 10.1 Å². The summed E-state index contributed by atoms with van der Waals surface area (Å²) in [6.45, 7) is 8.93. The molecule has 1 heterocycles. The zero-order valence-corrected chi connectivity index (χ0v) is 14.7. The van der Waals surface area contributed by atoms with Gasteiger partial charge in [0, 0.05) is 29.5 Å². The Morgan fingerprint density at radius 2 is 2.05 bits per heavy atom. The third kappa shape index (κ3) is 6.44. The number of aryl methyl sites for hydroxylation is 1. The number of nitrogens with one attached hydrogen (secondary N) is 2. The number of sulfonamides is 1. The Balaban J connectivity index is 2.51. The highest BCUT2D eigenvalue weighted by Gasteiger charge is 2.19. The third-order valence-electron chi connectivity index (χ3n) is 2.94. The second-order valence-corrected chi connectivity index (χ2v) is 7.85. The minimum atomic E-state index is -3.44. The van der Waals surface area contributed by atoms with Crippen molar-refractivity contribution in [1.29, 1.82) is 0 Å². The fourth-order valence-electron chi connectivity index (χ4n) is 1.80. The zero-order chi connectivity index (χ0) is 15.7. The molecule has 0 fully saturated rings. The van der Waals surface area contributed by atoms with Crippen LogP contribution in [-0.4, -0.2) is 34.7 Å². The van der Waals surface area contributed by atoms with E-state index >= 15 is 0 Å². The van der Waals surface area contributed by atoms with Gasteiger partial charge in [0.2, 0.25) is 10.0 Å². The SMILES string of the molecule is CCCCOCCNS(=O)(=O)c1cc(CNCC)sc1C. The largest absolute Gasteiger partial charge is 0.380 e. The molecule has 7 heteroatoms. The van der Waals surface area contributed by atoms with E-state index in [1.54, 1.807) is 6.07 Å². The van der Waals surface area contributed by atoms with Crippen LogP contribution in [0.2, 0.25) is 0 Å². The van der Waals surface area contributed by atoms with Crippen LogP contribution in [-0.2, 0) is 21.3 Å². The molecule has 0 aliphatic heterocycles. The van der Waals surface area contributed by atoms with E-state index in [4.69, 9.17) is 4.74 Å². The standard InChI is InChI=1S/C14H26N2O3S2/c1-4-6-8-19-9-7-16-21(17,18)14-10-13(11-15-5-2)20-12(14)3/h10,15-16H,4-9,11H2,1-3H3. The van der Waals surface area contributed by atoms with Crippen LogP contribution in [0.5, 0.6) is 0 Å². The molecule has 21 heavy (non-hydrogen) atoms. The number of thiophene rings is 1. The van der Waals surface area contributed by atoms with Crippen molar-refractivity contribution in [1.82, 2.24) is 10.0 Å². The van der Waals surface area contributed by atoms with E-state index in [2.05, 4.69) is 17.0 Å². The Bertz CT molecular complexity index is 512. The molecule has 122 valence electrons. The molecule has 2 N–H and O–H groups in total. The van der Waals surface area contributed by atoms with Gasteiger partial charge in [-0.05, 0) is 26.0 Å². The number of rotatable bonds is 11. The number of ether oxygens (including phenoxy) is 1. The third-order valence-corrected chi connectivity index (χ3v) is 5.71. The maximum absolute atomic E-state index is 12.2. The van der Waals surface area contributed by atoms with Gasteiger partial charge in [-0.15, -0.1) is 11.3 Å². The molecular formula is C14H26N2O3S2. The Hall–Kier alpha value is -0.470. The molecule has 0 radical (unpaired) electrons. The molecule has 0 amide bonds. The van der Waals surface area contributed by atoms with Gasteiger partial charge in [0.15, 0.2) is 0 Å². The van der Waals surface area contributed by atoms with Gasteiger partial charge in [0.1, 0.15) is 0 Å². The Morgan fingerprint density at radius 1 is 1.29 bits per heavy atom. The first-order chi connectivity index (χ1) is 10.0. The Morgan fingerprint density at radius 3 is 2.71 bits per heavy atom. The molecule has 0 aromatic carbocycles. The van der Waals surface area contributed by atoms with Gasteiger partial charge in [-0.3, -0.25) is 0 Å². The molecule has 1 aromatic heterocycles. The monoisotopic (exact) mass is 334 g/mol. The molecular weight excluding hydrogens is 308 g/mol. The lowest BCUT2D eigenvalue weighted by molar-refractivity contribution is 0.136. The normalized spacial score (nSPS) is 12.0. The topological polar surface area (TPSA) is 67.4 Å². The summed E-state index contributed by atoms with van der Waals surface area (Å²) in [6.07, 6.45) is 2.08. The summed E-state index contributed by atoms with van der Waals surface area (Å²) in [4.78, 5) is 2.24. The summed E-state index contributed by atoms with van der Waals surface area (Å²) in [6, 6.07) is 1.75. The quantitative estimate of drug-likeness (QED) is 0.609. The highest BCUT2D eigenvalue weighted by Crippen LogP contribution is 2.25. The van der Waals surface area contributed by atoms with E-state index in [1.807, 2.05) is 13.8 Å². The van der Waals surface area contributed by atoms with E-state index < -0.39 is 10.0 Å². The molecule has 0 bridgehead atoms.